The molecule has 0 amide bonds. The van der Waals surface area contributed by atoms with Crippen molar-refractivity contribution in [2.24, 2.45) is 5.10 Å². The van der Waals surface area contributed by atoms with Gasteiger partial charge in [0, 0.05) is 12.4 Å². The van der Waals surface area contributed by atoms with Crippen LogP contribution in [0.4, 0.5) is 5.69 Å². The first-order valence-electron chi connectivity index (χ1n) is 5.51. The van der Waals surface area contributed by atoms with E-state index in [-0.39, 0.29) is 5.71 Å². The second-order valence-corrected chi connectivity index (χ2v) is 3.69. The van der Waals surface area contributed by atoms with Crippen LogP contribution in [0.5, 0.6) is 0 Å². The third kappa shape index (κ3) is 3.18. The molecule has 1 aromatic carbocycles. The summed E-state index contributed by atoms with van der Waals surface area (Å²) in [6.45, 7) is 0.632. The smallest absolute Gasteiger partial charge is 0.237 e. The predicted octanol–water partition coefficient (Wildman–Crippen LogP) is 1.75. The maximum atomic E-state index is 8.63. The zero-order chi connectivity index (χ0) is 13.5. The van der Waals surface area contributed by atoms with Gasteiger partial charge < -0.3 is 4.57 Å². The van der Waals surface area contributed by atoms with E-state index in [9.17, 15) is 0 Å². The van der Waals surface area contributed by atoms with Gasteiger partial charge in [-0.25, -0.2) is 4.98 Å². The number of benzene rings is 1. The lowest BCUT2D eigenvalue weighted by Crippen LogP contribution is -2.02. The van der Waals surface area contributed by atoms with Crippen molar-refractivity contribution in [2.45, 2.75) is 6.54 Å². The van der Waals surface area contributed by atoms with Gasteiger partial charge in [0.2, 0.25) is 5.71 Å². The lowest BCUT2D eigenvalue weighted by molar-refractivity contribution is 0.798. The second-order valence-electron chi connectivity index (χ2n) is 3.69. The maximum Gasteiger partial charge on any atom is 0.237 e. The molecule has 0 unspecified atom stereocenters. The first-order valence-corrected chi connectivity index (χ1v) is 5.51. The Kier molecular flexibility index (Phi) is 3.89. The number of aromatic nitrogens is 2. The summed E-state index contributed by atoms with van der Waals surface area (Å²) in [6.07, 6.45) is 5.28. The summed E-state index contributed by atoms with van der Waals surface area (Å²) in [5.74, 6) is 0. The van der Waals surface area contributed by atoms with Crippen LogP contribution in [0, 0.1) is 22.7 Å². The highest BCUT2D eigenvalue weighted by atomic mass is 15.3. The number of nitriles is 2. The van der Waals surface area contributed by atoms with E-state index >= 15 is 0 Å². The van der Waals surface area contributed by atoms with Crippen LogP contribution in [0.3, 0.4) is 0 Å². The monoisotopic (exact) mass is 250 g/mol. The van der Waals surface area contributed by atoms with Crippen molar-refractivity contribution in [3.8, 4) is 12.1 Å². The maximum absolute atomic E-state index is 8.63. The Bertz CT molecular complexity index is 641. The molecule has 0 bridgehead atoms. The fourth-order valence-corrected chi connectivity index (χ4v) is 1.54. The van der Waals surface area contributed by atoms with E-state index in [1.165, 1.54) is 0 Å². The molecule has 0 radical (unpaired) electrons. The fraction of sp³-hybridized carbons (Fsp3) is 0.0769. The molecule has 0 aliphatic heterocycles. The Balaban J connectivity index is 2.20. The summed E-state index contributed by atoms with van der Waals surface area (Å²) >= 11 is 0. The average Bonchev–Trinajstić information content (AvgIpc) is 2.94. The van der Waals surface area contributed by atoms with Crippen molar-refractivity contribution in [1.82, 2.24) is 9.55 Å². The molecule has 2 aromatic rings. The van der Waals surface area contributed by atoms with Gasteiger partial charge in [0.25, 0.3) is 0 Å². The number of rotatable bonds is 4. The first kappa shape index (κ1) is 12.3. The molecule has 1 N–H and O–H groups in total. The molecule has 6 nitrogen and oxygen atoms in total. The Morgan fingerprint density at radius 3 is 2.79 bits per heavy atom. The number of imidazole rings is 1. The summed E-state index contributed by atoms with van der Waals surface area (Å²) in [6, 6.07) is 10.9. The van der Waals surface area contributed by atoms with Crippen LogP contribution >= 0.6 is 0 Å². The number of para-hydroxylation sites is 1. The van der Waals surface area contributed by atoms with Gasteiger partial charge in [-0.2, -0.15) is 15.6 Å². The zero-order valence-corrected chi connectivity index (χ0v) is 9.98. The number of hydrogen-bond donors (Lipinski definition) is 1. The van der Waals surface area contributed by atoms with Crippen LogP contribution in [0.15, 0.2) is 48.1 Å². The molecule has 19 heavy (non-hydrogen) atoms. The third-order valence-corrected chi connectivity index (χ3v) is 2.43. The lowest BCUT2D eigenvalue weighted by Gasteiger charge is -2.08. The molecule has 0 atom stereocenters. The highest BCUT2D eigenvalue weighted by molar-refractivity contribution is 6.10. The molecular weight excluding hydrogens is 240 g/mol. The lowest BCUT2D eigenvalue weighted by atomic mass is 10.2. The first-order chi connectivity index (χ1) is 9.33. The highest BCUT2D eigenvalue weighted by Crippen LogP contribution is 2.16. The van der Waals surface area contributed by atoms with E-state index in [0.29, 0.717) is 6.54 Å². The summed E-state index contributed by atoms with van der Waals surface area (Å²) in [5.41, 5.74) is 4.26. The summed E-state index contributed by atoms with van der Waals surface area (Å²) in [4.78, 5) is 3.98. The van der Waals surface area contributed by atoms with Crippen molar-refractivity contribution < 1.29 is 0 Å². The molecule has 0 spiro atoms. The Morgan fingerprint density at radius 2 is 2.11 bits per heavy atom. The Labute approximate surface area is 110 Å². The summed E-state index contributed by atoms with van der Waals surface area (Å²) in [5, 5.41) is 21.0. The molecule has 0 aliphatic rings. The molecule has 92 valence electrons. The average molecular weight is 250 g/mol. The van der Waals surface area contributed by atoms with Gasteiger partial charge >= 0.3 is 0 Å². The van der Waals surface area contributed by atoms with E-state index in [4.69, 9.17) is 10.5 Å². The minimum Gasteiger partial charge on any atom is -0.333 e. The predicted molar refractivity (Wildman–Crippen MR) is 70.1 cm³/mol. The van der Waals surface area contributed by atoms with E-state index < -0.39 is 0 Å². The highest BCUT2D eigenvalue weighted by Gasteiger charge is 2.02. The van der Waals surface area contributed by atoms with Gasteiger partial charge in [-0.15, -0.1) is 0 Å². The summed E-state index contributed by atoms with van der Waals surface area (Å²) in [7, 11) is 0. The van der Waals surface area contributed by atoms with Gasteiger partial charge in [0.1, 0.15) is 12.1 Å². The molecule has 0 aliphatic carbocycles. The van der Waals surface area contributed by atoms with Crippen molar-refractivity contribution in [3.05, 3.63) is 48.5 Å². The largest absolute Gasteiger partial charge is 0.333 e. The molecule has 1 aromatic heterocycles. The van der Waals surface area contributed by atoms with Crippen LogP contribution in [-0.4, -0.2) is 15.3 Å². The fourth-order valence-electron chi connectivity index (χ4n) is 1.54. The molecule has 2 rings (SSSR count). The number of anilines is 1. The minimum atomic E-state index is -0.211. The van der Waals surface area contributed by atoms with E-state index in [1.807, 2.05) is 35.0 Å². The molecule has 6 heteroatoms. The van der Waals surface area contributed by atoms with Crippen molar-refractivity contribution >= 4 is 11.4 Å². The molecule has 0 saturated heterocycles. The van der Waals surface area contributed by atoms with Gasteiger partial charge in [-0.3, -0.25) is 5.43 Å². The van der Waals surface area contributed by atoms with Crippen LogP contribution in [-0.2, 0) is 6.54 Å². The number of hydrazone groups is 1. The number of nitrogens with one attached hydrogen (secondary N) is 1. The van der Waals surface area contributed by atoms with Gasteiger partial charge in [0.15, 0.2) is 0 Å². The van der Waals surface area contributed by atoms with Crippen LogP contribution < -0.4 is 5.43 Å². The number of nitrogens with zero attached hydrogens (tertiary/aromatic N) is 5. The van der Waals surface area contributed by atoms with E-state index in [1.54, 1.807) is 24.7 Å². The Morgan fingerprint density at radius 1 is 1.32 bits per heavy atom. The zero-order valence-electron chi connectivity index (χ0n) is 9.98. The van der Waals surface area contributed by atoms with Gasteiger partial charge in [-0.1, -0.05) is 18.2 Å². The van der Waals surface area contributed by atoms with E-state index in [0.717, 1.165) is 11.3 Å². The van der Waals surface area contributed by atoms with Crippen molar-refractivity contribution in [3.63, 3.8) is 0 Å². The summed E-state index contributed by atoms with van der Waals surface area (Å²) < 4.78 is 1.92. The molecule has 0 fully saturated rings. The normalized spacial score (nSPS) is 9.16. The quantitative estimate of drug-likeness (QED) is 0.661. The molecular formula is C13H10N6. The molecule has 1 heterocycles. The second kappa shape index (κ2) is 5.99. The van der Waals surface area contributed by atoms with Crippen LogP contribution in [0.2, 0.25) is 0 Å². The van der Waals surface area contributed by atoms with Crippen molar-refractivity contribution in [1.29, 1.82) is 10.5 Å². The van der Waals surface area contributed by atoms with Crippen LogP contribution in [0.1, 0.15) is 5.56 Å². The third-order valence-electron chi connectivity index (χ3n) is 2.43. The topological polar surface area (TPSA) is 89.8 Å². The Hall–Kier alpha value is -3.12. The number of hydrogen-bond acceptors (Lipinski definition) is 5. The van der Waals surface area contributed by atoms with Gasteiger partial charge in [-0.05, 0) is 11.6 Å². The van der Waals surface area contributed by atoms with Crippen molar-refractivity contribution in [2.75, 3.05) is 5.43 Å². The van der Waals surface area contributed by atoms with E-state index in [2.05, 4.69) is 15.5 Å². The SMILES string of the molecule is N#CC(C#N)=NNc1ccccc1Cn1ccnc1. The van der Waals surface area contributed by atoms with Gasteiger partial charge in [0.05, 0.1) is 18.6 Å². The van der Waals surface area contributed by atoms with Crippen LogP contribution in [0.25, 0.3) is 0 Å². The minimum absolute atomic E-state index is 0.211. The standard InChI is InChI=1S/C13H10N6/c14-7-12(8-15)17-18-13-4-2-1-3-11(13)9-19-6-5-16-10-19/h1-6,10,18H,9H2. The molecule has 0 saturated carbocycles.